The van der Waals surface area contributed by atoms with Crippen LogP contribution in [-0.4, -0.2) is 54.2 Å². The molecule has 2 aliphatic rings. The summed E-state index contributed by atoms with van der Waals surface area (Å²) in [5.41, 5.74) is 1.16. The summed E-state index contributed by atoms with van der Waals surface area (Å²) in [6.45, 7) is 5.76. The van der Waals surface area contributed by atoms with Crippen molar-refractivity contribution in [3.05, 3.63) is 23.8 Å². The van der Waals surface area contributed by atoms with Gasteiger partial charge in [0.1, 0.15) is 0 Å². The highest BCUT2D eigenvalue weighted by Crippen LogP contribution is 2.28. The first-order chi connectivity index (χ1) is 9.76. The van der Waals surface area contributed by atoms with E-state index in [4.69, 9.17) is 4.74 Å². The molecule has 1 atom stereocenters. The maximum Gasteiger partial charge on any atom is 0.160 e. The lowest BCUT2D eigenvalue weighted by Crippen LogP contribution is -2.36. The third-order valence-electron chi connectivity index (χ3n) is 4.54. The number of benzene rings is 1. The first kappa shape index (κ1) is 13.7. The first-order valence-corrected chi connectivity index (χ1v) is 7.58. The van der Waals surface area contributed by atoms with E-state index in [2.05, 4.69) is 15.9 Å². The zero-order chi connectivity index (χ0) is 13.9. The predicted molar refractivity (Wildman–Crippen MR) is 79.1 cm³/mol. The van der Waals surface area contributed by atoms with Gasteiger partial charge in [-0.05, 0) is 56.6 Å². The number of nitrogens with zero attached hydrogens (tertiary/aromatic N) is 2. The molecule has 4 nitrogen and oxygen atoms in total. The standard InChI is InChI=1S/C16H24N2O2/c1-20-16-6-5-13(10-15(16)19)11-17-7-3-9-18-8-2-4-14(18)12-17/h5-6,10,14,19H,2-4,7-9,11-12H2,1H3. The van der Waals surface area contributed by atoms with Gasteiger partial charge in [0.05, 0.1) is 7.11 Å². The summed E-state index contributed by atoms with van der Waals surface area (Å²) in [6, 6.07) is 6.47. The van der Waals surface area contributed by atoms with Gasteiger partial charge < -0.3 is 9.84 Å². The molecule has 0 amide bonds. The van der Waals surface area contributed by atoms with E-state index in [-0.39, 0.29) is 5.75 Å². The predicted octanol–water partition coefficient (Wildman–Crippen LogP) is 2.07. The molecule has 0 aliphatic carbocycles. The second-order valence-corrected chi connectivity index (χ2v) is 5.93. The van der Waals surface area contributed by atoms with E-state index in [0.717, 1.165) is 31.2 Å². The summed E-state index contributed by atoms with van der Waals surface area (Å²) in [5, 5.41) is 9.87. The molecule has 1 unspecified atom stereocenters. The molecule has 1 N–H and O–H groups in total. The molecule has 0 bridgehead atoms. The molecule has 0 aromatic heterocycles. The van der Waals surface area contributed by atoms with Crippen LogP contribution in [0.2, 0.25) is 0 Å². The van der Waals surface area contributed by atoms with Crippen molar-refractivity contribution in [2.24, 2.45) is 0 Å². The molecule has 110 valence electrons. The Morgan fingerprint density at radius 1 is 1.25 bits per heavy atom. The fourth-order valence-corrected chi connectivity index (χ4v) is 3.52. The number of ether oxygens (including phenoxy) is 1. The molecular formula is C16H24N2O2. The molecular weight excluding hydrogens is 252 g/mol. The van der Waals surface area contributed by atoms with Crippen LogP contribution in [0.4, 0.5) is 0 Å². The van der Waals surface area contributed by atoms with Crippen LogP contribution in [0, 0.1) is 0 Å². The second kappa shape index (κ2) is 6.02. The van der Waals surface area contributed by atoms with Crippen molar-refractivity contribution in [2.45, 2.75) is 31.8 Å². The molecule has 1 aromatic rings. The summed E-state index contributed by atoms with van der Waals surface area (Å²) >= 11 is 0. The second-order valence-electron chi connectivity index (χ2n) is 5.93. The SMILES string of the molecule is COc1ccc(CN2CCCN3CCCC3C2)cc1O. The number of hydrogen-bond acceptors (Lipinski definition) is 4. The van der Waals surface area contributed by atoms with Gasteiger partial charge in [0.25, 0.3) is 0 Å². The highest BCUT2D eigenvalue weighted by Gasteiger charge is 2.28. The Labute approximate surface area is 120 Å². The summed E-state index contributed by atoms with van der Waals surface area (Å²) < 4.78 is 5.10. The number of hydrogen-bond donors (Lipinski definition) is 1. The summed E-state index contributed by atoms with van der Waals surface area (Å²) in [4.78, 5) is 5.17. The number of fused-ring (bicyclic) bond motifs is 1. The van der Waals surface area contributed by atoms with Crippen LogP contribution in [0.25, 0.3) is 0 Å². The van der Waals surface area contributed by atoms with Crippen LogP contribution >= 0.6 is 0 Å². The topological polar surface area (TPSA) is 35.9 Å². The van der Waals surface area contributed by atoms with E-state index in [0.29, 0.717) is 5.75 Å². The van der Waals surface area contributed by atoms with E-state index in [1.165, 1.54) is 32.4 Å². The van der Waals surface area contributed by atoms with E-state index in [9.17, 15) is 5.11 Å². The molecule has 2 saturated heterocycles. The maximum atomic E-state index is 9.87. The van der Waals surface area contributed by atoms with Crippen LogP contribution in [0.5, 0.6) is 11.5 Å². The van der Waals surface area contributed by atoms with E-state index in [1.54, 1.807) is 7.11 Å². The zero-order valence-corrected chi connectivity index (χ0v) is 12.2. The van der Waals surface area contributed by atoms with Gasteiger partial charge in [-0.3, -0.25) is 9.80 Å². The lowest BCUT2D eigenvalue weighted by Gasteiger charge is -2.25. The van der Waals surface area contributed by atoms with Crippen LogP contribution in [0.1, 0.15) is 24.8 Å². The van der Waals surface area contributed by atoms with Crippen LogP contribution in [-0.2, 0) is 6.54 Å². The zero-order valence-electron chi connectivity index (χ0n) is 12.2. The molecule has 20 heavy (non-hydrogen) atoms. The lowest BCUT2D eigenvalue weighted by molar-refractivity contribution is 0.215. The van der Waals surface area contributed by atoms with Gasteiger partial charge in [0.15, 0.2) is 11.5 Å². The number of phenolic OH excluding ortho intramolecular Hbond substituents is 1. The van der Waals surface area contributed by atoms with Crippen molar-refractivity contribution in [1.29, 1.82) is 0 Å². The Kier molecular flexibility index (Phi) is 4.13. The molecule has 2 aliphatic heterocycles. The fraction of sp³-hybridized carbons (Fsp3) is 0.625. The minimum Gasteiger partial charge on any atom is -0.504 e. The highest BCUT2D eigenvalue weighted by atomic mass is 16.5. The lowest BCUT2D eigenvalue weighted by atomic mass is 10.1. The molecule has 4 heteroatoms. The Balaban J connectivity index is 1.66. The van der Waals surface area contributed by atoms with Crippen molar-refractivity contribution >= 4 is 0 Å². The van der Waals surface area contributed by atoms with Gasteiger partial charge in [-0.1, -0.05) is 6.07 Å². The molecule has 0 radical (unpaired) electrons. The minimum absolute atomic E-state index is 0.238. The third-order valence-corrected chi connectivity index (χ3v) is 4.54. The smallest absolute Gasteiger partial charge is 0.160 e. The minimum atomic E-state index is 0.238. The van der Waals surface area contributed by atoms with Crippen LogP contribution < -0.4 is 4.74 Å². The van der Waals surface area contributed by atoms with Gasteiger partial charge in [-0.2, -0.15) is 0 Å². The highest BCUT2D eigenvalue weighted by molar-refractivity contribution is 5.41. The van der Waals surface area contributed by atoms with Gasteiger partial charge in [-0.25, -0.2) is 0 Å². The molecule has 1 aromatic carbocycles. The summed E-state index contributed by atoms with van der Waals surface area (Å²) in [6.07, 6.45) is 3.94. The average molecular weight is 276 g/mol. The van der Waals surface area contributed by atoms with Crippen LogP contribution in [0.15, 0.2) is 18.2 Å². The van der Waals surface area contributed by atoms with Crippen molar-refractivity contribution in [2.75, 3.05) is 33.3 Å². The number of aromatic hydroxyl groups is 1. The Hall–Kier alpha value is -1.26. The monoisotopic (exact) mass is 276 g/mol. The fourth-order valence-electron chi connectivity index (χ4n) is 3.52. The molecule has 0 saturated carbocycles. The number of rotatable bonds is 3. The average Bonchev–Trinajstić information content (AvgIpc) is 2.78. The Morgan fingerprint density at radius 2 is 2.10 bits per heavy atom. The van der Waals surface area contributed by atoms with Gasteiger partial charge >= 0.3 is 0 Å². The van der Waals surface area contributed by atoms with Crippen molar-refractivity contribution in [3.63, 3.8) is 0 Å². The van der Waals surface area contributed by atoms with E-state index < -0.39 is 0 Å². The first-order valence-electron chi connectivity index (χ1n) is 7.58. The van der Waals surface area contributed by atoms with Crippen molar-refractivity contribution < 1.29 is 9.84 Å². The summed E-state index contributed by atoms with van der Waals surface area (Å²) in [5.74, 6) is 0.786. The van der Waals surface area contributed by atoms with E-state index in [1.807, 2.05) is 12.1 Å². The van der Waals surface area contributed by atoms with Crippen molar-refractivity contribution in [3.8, 4) is 11.5 Å². The maximum absolute atomic E-state index is 9.87. The molecule has 3 rings (SSSR count). The number of phenols is 1. The Morgan fingerprint density at radius 3 is 2.90 bits per heavy atom. The van der Waals surface area contributed by atoms with Gasteiger partial charge in [0, 0.05) is 19.1 Å². The van der Waals surface area contributed by atoms with Gasteiger partial charge in [-0.15, -0.1) is 0 Å². The normalized spacial score (nSPS) is 24.4. The number of methoxy groups -OCH3 is 1. The third kappa shape index (κ3) is 2.91. The Bertz CT molecular complexity index is 464. The largest absolute Gasteiger partial charge is 0.504 e. The quantitative estimate of drug-likeness (QED) is 0.917. The molecule has 2 fully saturated rings. The van der Waals surface area contributed by atoms with E-state index >= 15 is 0 Å². The van der Waals surface area contributed by atoms with Gasteiger partial charge in [0.2, 0.25) is 0 Å². The molecule has 2 heterocycles. The van der Waals surface area contributed by atoms with Crippen molar-refractivity contribution in [1.82, 2.24) is 9.80 Å². The summed E-state index contributed by atoms with van der Waals surface area (Å²) in [7, 11) is 1.58. The van der Waals surface area contributed by atoms with Crippen LogP contribution in [0.3, 0.4) is 0 Å². The molecule has 0 spiro atoms.